The van der Waals surface area contributed by atoms with Crippen LogP contribution in [0, 0.1) is 5.92 Å². The van der Waals surface area contributed by atoms with Crippen LogP contribution in [-0.2, 0) is 12.8 Å². The highest BCUT2D eigenvalue weighted by Gasteiger charge is 2.14. The SMILES string of the molecule is CC(C)NCC(Cc1cc(Br)cs1)Cc1ccccc1Br. The van der Waals surface area contributed by atoms with Crippen LogP contribution in [0.3, 0.4) is 0 Å². The lowest BCUT2D eigenvalue weighted by Crippen LogP contribution is -2.31. The zero-order chi connectivity index (χ0) is 15.2. The first-order valence-corrected chi connectivity index (χ1v) is 9.71. The number of halogens is 2. The zero-order valence-corrected chi connectivity index (χ0v) is 16.4. The van der Waals surface area contributed by atoms with Crippen molar-refractivity contribution in [2.45, 2.75) is 32.7 Å². The van der Waals surface area contributed by atoms with E-state index in [1.165, 1.54) is 19.4 Å². The monoisotopic (exact) mass is 429 g/mol. The Morgan fingerprint density at radius 2 is 1.90 bits per heavy atom. The predicted octanol–water partition coefficient (Wildman–Crippen LogP) is 5.67. The molecule has 0 aliphatic carbocycles. The van der Waals surface area contributed by atoms with Crippen molar-refractivity contribution in [3.8, 4) is 0 Å². The molecule has 0 saturated heterocycles. The van der Waals surface area contributed by atoms with Crippen molar-refractivity contribution in [1.29, 1.82) is 0 Å². The Hall–Kier alpha value is -0.160. The van der Waals surface area contributed by atoms with Crippen molar-refractivity contribution in [2.75, 3.05) is 6.54 Å². The molecule has 114 valence electrons. The number of benzene rings is 1. The smallest absolute Gasteiger partial charge is 0.0285 e. The summed E-state index contributed by atoms with van der Waals surface area (Å²) >= 11 is 9.06. The lowest BCUT2D eigenvalue weighted by Gasteiger charge is -2.19. The molecule has 0 radical (unpaired) electrons. The number of hydrogen-bond acceptors (Lipinski definition) is 2. The fraction of sp³-hybridized carbons (Fsp3) is 0.412. The molecule has 2 rings (SSSR count). The largest absolute Gasteiger partial charge is 0.314 e. The van der Waals surface area contributed by atoms with Gasteiger partial charge >= 0.3 is 0 Å². The highest BCUT2D eigenvalue weighted by Crippen LogP contribution is 2.25. The maximum atomic E-state index is 3.67. The van der Waals surface area contributed by atoms with E-state index < -0.39 is 0 Å². The minimum atomic E-state index is 0.529. The molecule has 0 saturated carbocycles. The van der Waals surface area contributed by atoms with Crippen LogP contribution >= 0.6 is 43.2 Å². The average Bonchev–Trinajstić information content (AvgIpc) is 2.84. The van der Waals surface area contributed by atoms with E-state index in [0.29, 0.717) is 12.0 Å². The fourth-order valence-electron chi connectivity index (χ4n) is 2.34. The Morgan fingerprint density at radius 1 is 1.14 bits per heavy atom. The molecule has 0 aliphatic rings. The number of nitrogens with one attached hydrogen (secondary N) is 1. The van der Waals surface area contributed by atoms with Gasteiger partial charge in [0.05, 0.1) is 0 Å². The molecular weight excluding hydrogens is 410 g/mol. The zero-order valence-electron chi connectivity index (χ0n) is 12.4. The van der Waals surface area contributed by atoms with Gasteiger partial charge in [0, 0.05) is 25.2 Å². The second kappa shape index (κ2) is 8.47. The normalized spacial score (nSPS) is 12.8. The summed E-state index contributed by atoms with van der Waals surface area (Å²) in [6, 6.07) is 11.3. The molecule has 1 N–H and O–H groups in total. The maximum absolute atomic E-state index is 3.67. The summed E-state index contributed by atoms with van der Waals surface area (Å²) in [6.07, 6.45) is 2.22. The molecule has 0 spiro atoms. The molecule has 1 aromatic heterocycles. The van der Waals surface area contributed by atoms with Gasteiger partial charge in [0.15, 0.2) is 0 Å². The topological polar surface area (TPSA) is 12.0 Å². The Labute approximate surface area is 148 Å². The summed E-state index contributed by atoms with van der Waals surface area (Å²) in [5.74, 6) is 0.608. The molecule has 4 heteroatoms. The van der Waals surface area contributed by atoms with Crippen LogP contribution in [0.15, 0.2) is 44.7 Å². The Morgan fingerprint density at radius 3 is 2.52 bits per heavy atom. The van der Waals surface area contributed by atoms with Crippen molar-refractivity contribution < 1.29 is 0 Å². The second-order valence-corrected chi connectivity index (χ2v) is 8.43. The van der Waals surface area contributed by atoms with Crippen LogP contribution in [0.2, 0.25) is 0 Å². The second-order valence-electron chi connectivity index (χ2n) is 5.66. The lowest BCUT2D eigenvalue weighted by atomic mass is 9.95. The van der Waals surface area contributed by atoms with Gasteiger partial charge in [0.25, 0.3) is 0 Å². The summed E-state index contributed by atoms with van der Waals surface area (Å²) in [7, 11) is 0. The van der Waals surface area contributed by atoms with Crippen molar-refractivity contribution >= 4 is 43.2 Å². The van der Waals surface area contributed by atoms with Gasteiger partial charge < -0.3 is 5.32 Å². The third-order valence-corrected chi connectivity index (χ3v) is 5.89. The molecule has 0 fully saturated rings. The van der Waals surface area contributed by atoms with E-state index in [1.54, 1.807) is 0 Å². The first-order valence-electron chi connectivity index (χ1n) is 7.24. The molecule has 1 unspecified atom stereocenters. The standard InChI is InChI=1S/C17H21Br2NS/c1-12(2)20-10-13(8-16-9-15(18)11-21-16)7-14-5-3-4-6-17(14)19/h3-6,9,11-13,20H,7-8,10H2,1-2H3. The molecule has 0 aliphatic heterocycles. The number of thiophene rings is 1. The van der Waals surface area contributed by atoms with Crippen LogP contribution < -0.4 is 5.32 Å². The Kier molecular flexibility index (Phi) is 6.93. The van der Waals surface area contributed by atoms with Crippen molar-refractivity contribution in [3.63, 3.8) is 0 Å². The van der Waals surface area contributed by atoms with E-state index in [0.717, 1.165) is 19.4 Å². The summed E-state index contributed by atoms with van der Waals surface area (Å²) in [6.45, 7) is 5.46. The highest BCUT2D eigenvalue weighted by atomic mass is 79.9. The van der Waals surface area contributed by atoms with Crippen molar-refractivity contribution in [1.82, 2.24) is 5.32 Å². The molecule has 1 heterocycles. The van der Waals surface area contributed by atoms with E-state index in [1.807, 2.05) is 11.3 Å². The van der Waals surface area contributed by atoms with Gasteiger partial charge in [-0.05, 0) is 58.9 Å². The van der Waals surface area contributed by atoms with E-state index in [4.69, 9.17) is 0 Å². The maximum Gasteiger partial charge on any atom is 0.0285 e. The molecule has 0 amide bonds. The van der Waals surface area contributed by atoms with Gasteiger partial charge in [-0.3, -0.25) is 0 Å². The van der Waals surface area contributed by atoms with Gasteiger partial charge in [0.2, 0.25) is 0 Å². The quantitative estimate of drug-likeness (QED) is 0.596. The fourth-order valence-corrected chi connectivity index (χ4v) is 4.35. The van der Waals surface area contributed by atoms with Gasteiger partial charge in [0.1, 0.15) is 0 Å². The van der Waals surface area contributed by atoms with Crippen LogP contribution in [0.25, 0.3) is 0 Å². The van der Waals surface area contributed by atoms with Crippen LogP contribution in [-0.4, -0.2) is 12.6 Å². The van der Waals surface area contributed by atoms with Gasteiger partial charge in [-0.1, -0.05) is 48.0 Å². The number of hydrogen-bond donors (Lipinski definition) is 1. The van der Waals surface area contributed by atoms with Gasteiger partial charge in [-0.25, -0.2) is 0 Å². The third-order valence-electron chi connectivity index (χ3n) is 3.39. The molecule has 2 aromatic rings. The molecule has 21 heavy (non-hydrogen) atoms. The van der Waals surface area contributed by atoms with E-state index in [-0.39, 0.29) is 0 Å². The molecule has 1 aromatic carbocycles. The summed E-state index contributed by atoms with van der Waals surface area (Å²) in [4.78, 5) is 1.45. The van der Waals surface area contributed by atoms with Gasteiger partial charge in [-0.2, -0.15) is 0 Å². The molecule has 1 atom stereocenters. The lowest BCUT2D eigenvalue weighted by molar-refractivity contribution is 0.446. The first kappa shape index (κ1) is 17.2. The average molecular weight is 431 g/mol. The van der Waals surface area contributed by atoms with E-state index in [2.05, 4.69) is 86.7 Å². The summed E-state index contributed by atoms with van der Waals surface area (Å²) in [5.41, 5.74) is 1.39. The highest BCUT2D eigenvalue weighted by molar-refractivity contribution is 9.10. The molecular formula is C17H21Br2NS. The van der Waals surface area contributed by atoms with Crippen LogP contribution in [0.4, 0.5) is 0 Å². The molecule has 0 bridgehead atoms. The van der Waals surface area contributed by atoms with Crippen molar-refractivity contribution in [3.05, 3.63) is 55.1 Å². The van der Waals surface area contributed by atoms with Gasteiger partial charge in [-0.15, -0.1) is 11.3 Å². The third kappa shape index (κ3) is 5.85. The summed E-state index contributed by atoms with van der Waals surface area (Å²) in [5, 5.41) is 5.76. The first-order chi connectivity index (χ1) is 10.0. The predicted molar refractivity (Wildman–Crippen MR) is 100 cm³/mol. The number of rotatable bonds is 7. The van der Waals surface area contributed by atoms with Crippen LogP contribution in [0.5, 0.6) is 0 Å². The minimum Gasteiger partial charge on any atom is -0.314 e. The van der Waals surface area contributed by atoms with E-state index >= 15 is 0 Å². The van der Waals surface area contributed by atoms with Crippen LogP contribution in [0.1, 0.15) is 24.3 Å². The van der Waals surface area contributed by atoms with E-state index in [9.17, 15) is 0 Å². The Bertz CT molecular complexity index is 565. The summed E-state index contributed by atoms with van der Waals surface area (Å²) < 4.78 is 2.41. The Balaban J connectivity index is 2.06. The molecule has 1 nitrogen and oxygen atoms in total. The van der Waals surface area contributed by atoms with Crippen molar-refractivity contribution in [2.24, 2.45) is 5.92 Å². The minimum absolute atomic E-state index is 0.529.